The van der Waals surface area contributed by atoms with Crippen LogP contribution in [-0.4, -0.2) is 30.8 Å². The van der Waals surface area contributed by atoms with E-state index in [1.54, 1.807) is 24.9 Å². The smallest absolute Gasteiger partial charge is 0.338 e. The first-order chi connectivity index (χ1) is 9.56. The van der Waals surface area contributed by atoms with Crippen molar-refractivity contribution in [3.8, 4) is 0 Å². The Morgan fingerprint density at radius 1 is 1.45 bits per heavy atom. The van der Waals surface area contributed by atoms with E-state index in [0.29, 0.717) is 21.2 Å². The molecule has 3 aromatic heterocycles. The summed E-state index contributed by atoms with van der Waals surface area (Å²) in [6.07, 6.45) is 4.43. The number of oxazole rings is 1. The lowest BCUT2D eigenvalue weighted by Crippen LogP contribution is -2.01. The molecule has 0 bridgehead atoms. The zero-order valence-corrected chi connectivity index (χ0v) is 11.5. The molecule has 0 amide bonds. The van der Waals surface area contributed by atoms with Crippen LogP contribution in [0.25, 0.3) is 11.0 Å². The molecule has 0 aliphatic rings. The number of aryl methyl sites for hydroxylation is 2. The standard InChI is InChI=1S/C12H10N4O3S/c1-6-5-19-12(15-6)20-9-7-4-14-16(2)10(7)13-3-8(9)11(17)18/h3-5H,1-2H3,(H,17,18). The van der Waals surface area contributed by atoms with Crippen molar-refractivity contribution in [3.05, 3.63) is 29.9 Å². The molecule has 0 aliphatic carbocycles. The van der Waals surface area contributed by atoms with Gasteiger partial charge in [-0.15, -0.1) is 0 Å². The van der Waals surface area contributed by atoms with Crippen LogP contribution < -0.4 is 0 Å². The minimum absolute atomic E-state index is 0.103. The average molecular weight is 290 g/mol. The van der Waals surface area contributed by atoms with E-state index in [-0.39, 0.29) is 5.56 Å². The van der Waals surface area contributed by atoms with Crippen LogP contribution in [0.4, 0.5) is 0 Å². The Morgan fingerprint density at radius 2 is 2.25 bits per heavy atom. The van der Waals surface area contributed by atoms with E-state index in [0.717, 1.165) is 17.5 Å². The Kier molecular flexibility index (Phi) is 2.94. The molecule has 3 rings (SSSR count). The molecule has 0 fully saturated rings. The minimum Gasteiger partial charge on any atom is -0.478 e. The molecule has 0 aliphatic heterocycles. The summed E-state index contributed by atoms with van der Waals surface area (Å²) in [5.41, 5.74) is 1.45. The highest BCUT2D eigenvalue weighted by Gasteiger charge is 2.19. The van der Waals surface area contributed by atoms with Crippen LogP contribution in [0.15, 0.2) is 33.2 Å². The Hall–Kier alpha value is -2.35. The highest BCUT2D eigenvalue weighted by atomic mass is 32.2. The second kappa shape index (κ2) is 4.64. The average Bonchev–Trinajstić information content (AvgIpc) is 2.97. The summed E-state index contributed by atoms with van der Waals surface area (Å²) in [6, 6.07) is 0. The molecule has 8 heteroatoms. The molecule has 0 unspecified atom stereocenters. The van der Waals surface area contributed by atoms with Gasteiger partial charge in [0.2, 0.25) is 0 Å². The van der Waals surface area contributed by atoms with Crippen molar-refractivity contribution in [2.75, 3.05) is 0 Å². The largest absolute Gasteiger partial charge is 0.478 e. The number of hydrogen-bond acceptors (Lipinski definition) is 6. The molecule has 3 heterocycles. The molecular formula is C12H10N4O3S. The lowest BCUT2D eigenvalue weighted by atomic mass is 10.2. The van der Waals surface area contributed by atoms with E-state index in [9.17, 15) is 9.90 Å². The van der Waals surface area contributed by atoms with Gasteiger partial charge in [0, 0.05) is 18.1 Å². The Morgan fingerprint density at radius 3 is 2.90 bits per heavy atom. The number of carboxylic acid groups (broad SMARTS) is 1. The zero-order chi connectivity index (χ0) is 14.3. The number of carbonyl (C=O) groups is 1. The van der Waals surface area contributed by atoms with Gasteiger partial charge in [-0.05, 0) is 18.7 Å². The summed E-state index contributed by atoms with van der Waals surface area (Å²) >= 11 is 1.15. The van der Waals surface area contributed by atoms with Crippen LogP contribution in [0.3, 0.4) is 0 Å². The normalized spacial score (nSPS) is 11.1. The molecule has 20 heavy (non-hydrogen) atoms. The van der Waals surface area contributed by atoms with Gasteiger partial charge in [-0.25, -0.2) is 14.8 Å². The zero-order valence-electron chi connectivity index (χ0n) is 10.7. The fourth-order valence-corrected chi connectivity index (χ4v) is 2.77. The summed E-state index contributed by atoms with van der Waals surface area (Å²) in [6.45, 7) is 1.80. The number of nitrogens with zero attached hydrogens (tertiary/aromatic N) is 4. The number of rotatable bonds is 3. The number of fused-ring (bicyclic) bond motifs is 1. The first-order valence-corrected chi connectivity index (χ1v) is 6.52. The van der Waals surface area contributed by atoms with E-state index in [1.165, 1.54) is 12.5 Å². The molecule has 0 atom stereocenters. The molecule has 0 aromatic carbocycles. The predicted molar refractivity (Wildman–Crippen MR) is 70.8 cm³/mol. The quantitative estimate of drug-likeness (QED) is 0.789. The molecule has 0 radical (unpaired) electrons. The second-order valence-corrected chi connectivity index (χ2v) is 5.13. The van der Waals surface area contributed by atoms with Gasteiger partial charge in [0.15, 0.2) is 5.65 Å². The molecule has 0 saturated heterocycles. The summed E-state index contributed by atoms with van der Waals surface area (Å²) < 4.78 is 6.86. The molecule has 7 nitrogen and oxygen atoms in total. The second-order valence-electron chi connectivity index (χ2n) is 4.17. The van der Waals surface area contributed by atoms with Crippen molar-refractivity contribution in [3.63, 3.8) is 0 Å². The van der Waals surface area contributed by atoms with Gasteiger partial charge in [-0.1, -0.05) is 0 Å². The molecule has 0 saturated carbocycles. The van der Waals surface area contributed by atoms with E-state index >= 15 is 0 Å². The molecule has 0 spiro atoms. The number of pyridine rings is 1. The first-order valence-electron chi connectivity index (χ1n) is 5.70. The third-order valence-electron chi connectivity index (χ3n) is 2.73. The van der Waals surface area contributed by atoms with Crippen LogP contribution in [0.5, 0.6) is 0 Å². The van der Waals surface area contributed by atoms with Gasteiger partial charge < -0.3 is 9.52 Å². The monoisotopic (exact) mass is 290 g/mol. The van der Waals surface area contributed by atoms with E-state index in [2.05, 4.69) is 15.1 Å². The van der Waals surface area contributed by atoms with Crippen molar-refractivity contribution in [1.82, 2.24) is 19.7 Å². The Balaban J connectivity index is 2.19. The van der Waals surface area contributed by atoms with Gasteiger partial charge >= 0.3 is 5.97 Å². The summed E-state index contributed by atoms with van der Waals surface area (Å²) in [5.74, 6) is -1.05. The first kappa shape index (κ1) is 12.7. The molecular weight excluding hydrogens is 280 g/mol. The maximum atomic E-state index is 11.3. The van der Waals surface area contributed by atoms with Crippen LogP contribution in [0, 0.1) is 6.92 Å². The number of aromatic carboxylic acids is 1. The summed E-state index contributed by atoms with van der Waals surface area (Å²) in [7, 11) is 1.75. The maximum absolute atomic E-state index is 11.3. The van der Waals surface area contributed by atoms with Crippen LogP contribution in [0.1, 0.15) is 16.1 Å². The van der Waals surface area contributed by atoms with Crippen LogP contribution in [0.2, 0.25) is 0 Å². The van der Waals surface area contributed by atoms with Crippen molar-refractivity contribution in [1.29, 1.82) is 0 Å². The molecule has 102 valence electrons. The SMILES string of the molecule is Cc1coc(Sc2c(C(=O)O)cnc3c2cnn3C)n1. The van der Waals surface area contributed by atoms with Gasteiger partial charge in [-0.3, -0.25) is 4.68 Å². The lowest BCUT2D eigenvalue weighted by molar-refractivity contribution is 0.0693. The molecule has 1 N–H and O–H groups in total. The van der Waals surface area contributed by atoms with E-state index in [4.69, 9.17) is 4.42 Å². The van der Waals surface area contributed by atoms with Gasteiger partial charge in [-0.2, -0.15) is 5.10 Å². The highest BCUT2D eigenvalue weighted by Crippen LogP contribution is 2.35. The number of carboxylic acids is 1. The van der Waals surface area contributed by atoms with E-state index < -0.39 is 5.97 Å². The minimum atomic E-state index is -1.05. The fourth-order valence-electron chi connectivity index (χ4n) is 1.80. The number of aromatic nitrogens is 4. The maximum Gasteiger partial charge on any atom is 0.338 e. The third-order valence-corrected chi connectivity index (χ3v) is 3.74. The van der Waals surface area contributed by atoms with Crippen LogP contribution in [-0.2, 0) is 7.05 Å². The fraction of sp³-hybridized carbons (Fsp3) is 0.167. The lowest BCUT2D eigenvalue weighted by Gasteiger charge is -2.04. The number of hydrogen-bond donors (Lipinski definition) is 1. The Labute approximate surface area is 117 Å². The predicted octanol–water partition coefficient (Wildman–Crippen LogP) is 2.11. The third kappa shape index (κ3) is 2.03. The van der Waals surface area contributed by atoms with Gasteiger partial charge in [0.1, 0.15) is 6.26 Å². The molecule has 3 aromatic rings. The van der Waals surface area contributed by atoms with Crippen molar-refractivity contribution >= 4 is 28.8 Å². The summed E-state index contributed by atoms with van der Waals surface area (Å²) in [5, 5.41) is 14.4. The summed E-state index contributed by atoms with van der Waals surface area (Å²) in [4.78, 5) is 20.2. The topological polar surface area (TPSA) is 94.0 Å². The van der Waals surface area contributed by atoms with Crippen molar-refractivity contribution < 1.29 is 14.3 Å². The van der Waals surface area contributed by atoms with Crippen molar-refractivity contribution in [2.45, 2.75) is 17.0 Å². The van der Waals surface area contributed by atoms with Gasteiger partial charge in [0.25, 0.3) is 5.22 Å². The highest BCUT2D eigenvalue weighted by molar-refractivity contribution is 7.99. The van der Waals surface area contributed by atoms with Crippen molar-refractivity contribution in [2.24, 2.45) is 7.05 Å². The Bertz CT molecular complexity index is 808. The van der Waals surface area contributed by atoms with E-state index in [1.807, 2.05) is 0 Å². The van der Waals surface area contributed by atoms with Crippen LogP contribution >= 0.6 is 11.8 Å². The van der Waals surface area contributed by atoms with Gasteiger partial charge in [0.05, 0.1) is 22.8 Å².